The number of hydrogen-bond donors (Lipinski definition) is 1. The zero-order valence-electron chi connectivity index (χ0n) is 11.6. The van der Waals surface area contributed by atoms with E-state index in [0.717, 1.165) is 24.3 Å². The van der Waals surface area contributed by atoms with Gasteiger partial charge < -0.3 is 10.0 Å². The van der Waals surface area contributed by atoms with E-state index in [1.54, 1.807) is 0 Å². The van der Waals surface area contributed by atoms with Gasteiger partial charge in [-0.3, -0.25) is 0 Å². The van der Waals surface area contributed by atoms with Gasteiger partial charge in [0.2, 0.25) is 0 Å². The molecule has 0 saturated heterocycles. The van der Waals surface area contributed by atoms with E-state index >= 15 is 0 Å². The first kappa shape index (κ1) is 13.6. The van der Waals surface area contributed by atoms with Crippen molar-refractivity contribution in [2.45, 2.75) is 25.9 Å². The molecule has 2 rings (SSSR count). The summed E-state index contributed by atoms with van der Waals surface area (Å²) in [6.07, 6.45) is 0.719. The summed E-state index contributed by atoms with van der Waals surface area (Å²) in [6, 6.07) is 20.6. The van der Waals surface area contributed by atoms with Crippen molar-refractivity contribution in [3.8, 4) is 0 Å². The quantitative estimate of drug-likeness (QED) is 0.873. The Morgan fingerprint density at radius 2 is 1.26 bits per heavy atom. The Labute approximate surface area is 115 Å². The molecule has 0 saturated carbocycles. The minimum absolute atomic E-state index is 0.651. The molecule has 0 radical (unpaired) electrons. The lowest BCUT2D eigenvalue weighted by atomic mass is 10.0. The highest BCUT2D eigenvalue weighted by atomic mass is 16.3. The molecule has 0 aliphatic rings. The second-order valence-electron chi connectivity index (χ2n) is 5.39. The summed E-state index contributed by atoms with van der Waals surface area (Å²) in [5, 5.41) is 9.93. The molecule has 2 heteroatoms. The molecule has 100 valence electrons. The van der Waals surface area contributed by atoms with Crippen LogP contribution in [-0.4, -0.2) is 17.3 Å². The number of rotatable bonds is 5. The van der Waals surface area contributed by atoms with Gasteiger partial charge in [-0.2, -0.15) is 0 Å². The van der Waals surface area contributed by atoms with Crippen LogP contribution in [0.2, 0.25) is 0 Å². The fourth-order valence-corrected chi connectivity index (χ4v) is 2.01. The molecule has 0 atom stereocenters. The van der Waals surface area contributed by atoms with E-state index in [0.29, 0.717) is 0 Å². The van der Waals surface area contributed by atoms with Gasteiger partial charge in [0.25, 0.3) is 0 Å². The van der Waals surface area contributed by atoms with Gasteiger partial charge in [0.15, 0.2) is 0 Å². The van der Waals surface area contributed by atoms with Crippen LogP contribution in [0.3, 0.4) is 0 Å². The largest absolute Gasteiger partial charge is 0.390 e. The molecule has 2 aromatic carbocycles. The van der Waals surface area contributed by atoms with Crippen LogP contribution < -0.4 is 4.90 Å². The number of para-hydroxylation sites is 2. The highest BCUT2D eigenvalue weighted by Crippen LogP contribution is 2.26. The third-order valence-corrected chi connectivity index (χ3v) is 3.08. The summed E-state index contributed by atoms with van der Waals surface area (Å²) in [6.45, 7) is 4.49. The molecular weight excluding hydrogens is 234 g/mol. The fraction of sp³-hybridized carbons (Fsp3) is 0.294. The summed E-state index contributed by atoms with van der Waals surface area (Å²) in [5.41, 5.74) is 1.65. The average molecular weight is 255 g/mol. The number of benzene rings is 2. The predicted molar refractivity (Wildman–Crippen MR) is 80.8 cm³/mol. The molecule has 0 bridgehead atoms. The summed E-state index contributed by atoms with van der Waals surface area (Å²) in [7, 11) is 0. The summed E-state index contributed by atoms with van der Waals surface area (Å²) < 4.78 is 0. The summed E-state index contributed by atoms with van der Waals surface area (Å²) in [4.78, 5) is 2.23. The van der Waals surface area contributed by atoms with Crippen LogP contribution in [0.4, 0.5) is 11.4 Å². The maximum atomic E-state index is 9.93. The van der Waals surface area contributed by atoms with Crippen LogP contribution in [-0.2, 0) is 0 Å². The van der Waals surface area contributed by atoms with Crippen LogP contribution in [0.25, 0.3) is 0 Å². The molecule has 0 fully saturated rings. The topological polar surface area (TPSA) is 23.5 Å². The Morgan fingerprint density at radius 1 is 0.842 bits per heavy atom. The maximum absolute atomic E-state index is 9.93. The smallest absolute Gasteiger partial charge is 0.0608 e. The fourth-order valence-electron chi connectivity index (χ4n) is 2.01. The SMILES string of the molecule is CC(C)(O)CCN(c1ccccc1)c1ccccc1. The molecule has 0 spiro atoms. The third kappa shape index (κ3) is 4.11. The van der Waals surface area contributed by atoms with Crippen LogP contribution in [0.15, 0.2) is 60.7 Å². The van der Waals surface area contributed by atoms with Gasteiger partial charge >= 0.3 is 0 Å². The van der Waals surface area contributed by atoms with Crippen molar-refractivity contribution >= 4 is 11.4 Å². The molecule has 19 heavy (non-hydrogen) atoms. The third-order valence-electron chi connectivity index (χ3n) is 3.08. The Morgan fingerprint density at radius 3 is 1.63 bits per heavy atom. The van der Waals surface area contributed by atoms with Crippen LogP contribution in [0, 0.1) is 0 Å². The van der Waals surface area contributed by atoms with Gasteiger partial charge in [0.05, 0.1) is 5.60 Å². The van der Waals surface area contributed by atoms with Gasteiger partial charge in [0.1, 0.15) is 0 Å². The zero-order valence-corrected chi connectivity index (χ0v) is 11.6. The first-order valence-corrected chi connectivity index (χ1v) is 6.66. The first-order valence-electron chi connectivity index (χ1n) is 6.66. The van der Waals surface area contributed by atoms with Crippen molar-refractivity contribution < 1.29 is 5.11 Å². The van der Waals surface area contributed by atoms with Crippen LogP contribution in [0.5, 0.6) is 0 Å². The van der Waals surface area contributed by atoms with E-state index in [2.05, 4.69) is 29.2 Å². The molecule has 2 aromatic rings. The van der Waals surface area contributed by atoms with Crippen LogP contribution >= 0.6 is 0 Å². The first-order chi connectivity index (χ1) is 9.06. The molecule has 0 heterocycles. The lowest BCUT2D eigenvalue weighted by Crippen LogP contribution is -2.27. The standard InChI is InChI=1S/C17H21NO/c1-17(2,19)13-14-18(15-9-5-3-6-10-15)16-11-7-4-8-12-16/h3-12,19H,13-14H2,1-2H3. The van der Waals surface area contributed by atoms with Crippen molar-refractivity contribution in [2.75, 3.05) is 11.4 Å². The highest BCUT2D eigenvalue weighted by Gasteiger charge is 2.16. The molecule has 2 nitrogen and oxygen atoms in total. The minimum atomic E-state index is -0.651. The van der Waals surface area contributed by atoms with E-state index < -0.39 is 5.60 Å². The second kappa shape index (κ2) is 5.89. The summed E-state index contributed by atoms with van der Waals surface area (Å²) >= 11 is 0. The number of nitrogens with zero attached hydrogens (tertiary/aromatic N) is 1. The van der Waals surface area contributed by atoms with Gasteiger partial charge in [-0.1, -0.05) is 36.4 Å². The molecule has 0 aromatic heterocycles. The van der Waals surface area contributed by atoms with E-state index in [9.17, 15) is 5.11 Å². The van der Waals surface area contributed by atoms with Gasteiger partial charge in [-0.15, -0.1) is 0 Å². The summed E-state index contributed by atoms with van der Waals surface area (Å²) in [5.74, 6) is 0. The molecule has 0 aliphatic carbocycles. The van der Waals surface area contributed by atoms with E-state index in [1.165, 1.54) is 0 Å². The molecule has 0 aliphatic heterocycles. The lowest BCUT2D eigenvalue weighted by Gasteiger charge is -2.28. The lowest BCUT2D eigenvalue weighted by molar-refractivity contribution is 0.0737. The van der Waals surface area contributed by atoms with Crippen molar-refractivity contribution in [2.24, 2.45) is 0 Å². The van der Waals surface area contributed by atoms with Gasteiger partial charge in [0, 0.05) is 17.9 Å². The molecule has 0 amide bonds. The van der Waals surface area contributed by atoms with Crippen molar-refractivity contribution in [3.05, 3.63) is 60.7 Å². The Kier molecular flexibility index (Phi) is 4.23. The maximum Gasteiger partial charge on any atom is 0.0608 e. The van der Waals surface area contributed by atoms with Crippen molar-refractivity contribution in [1.82, 2.24) is 0 Å². The van der Waals surface area contributed by atoms with Gasteiger partial charge in [-0.05, 0) is 44.5 Å². The molecule has 0 unspecified atom stereocenters. The number of aliphatic hydroxyl groups is 1. The Balaban J connectivity index is 2.24. The Bertz CT molecular complexity index is 448. The van der Waals surface area contributed by atoms with Crippen molar-refractivity contribution in [1.29, 1.82) is 0 Å². The Hall–Kier alpha value is -1.80. The average Bonchev–Trinajstić information content (AvgIpc) is 2.40. The van der Waals surface area contributed by atoms with Crippen molar-refractivity contribution in [3.63, 3.8) is 0 Å². The molecule has 1 N–H and O–H groups in total. The molecular formula is C17H21NO. The van der Waals surface area contributed by atoms with E-state index in [1.807, 2.05) is 50.2 Å². The highest BCUT2D eigenvalue weighted by molar-refractivity contribution is 5.62. The number of anilines is 2. The minimum Gasteiger partial charge on any atom is -0.390 e. The van der Waals surface area contributed by atoms with E-state index in [-0.39, 0.29) is 0 Å². The monoisotopic (exact) mass is 255 g/mol. The predicted octanol–water partition coefficient (Wildman–Crippen LogP) is 3.99. The number of hydrogen-bond acceptors (Lipinski definition) is 2. The van der Waals surface area contributed by atoms with Gasteiger partial charge in [-0.25, -0.2) is 0 Å². The second-order valence-corrected chi connectivity index (χ2v) is 5.39. The van der Waals surface area contributed by atoms with E-state index in [4.69, 9.17) is 0 Å². The zero-order chi connectivity index (χ0) is 13.7. The normalized spacial score (nSPS) is 11.3. The van der Waals surface area contributed by atoms with Crippen LogP contribution in [0.1, 0.15) is 20.3 Å².